The third-order valence-electron chi connectivity index (χ3n) is 6.19. The molecule has 0 radical (unpaired) electrons. The van der Waals surface area contributed by atoms with Gasteiger partial charge in [-0.2, -0.15) is 5.10 Å². The van der Waals surface area contributed by atoms with Crippen LogP contribution in [0.3, 0.4) is 0 Å². The number of carbonyl (C=O) groups excluding carboxylic acids is 2. The lowest BCUT2D eigenvalue weighted by Gasteiger charge is -2.10. The summed E-state index contributed by atoms with van der Waals surface area (Å²) in [4.78, 5) is 30.1. The molecule has 5 rings (SSSR count). The van der Waals surface area contributed by atoms with E-state index in [2.05, 4.69) is 26.8 Å². The number of nitrogens with one attached hydrogen (secondary N) is 2. The van der Waals surface area contributed by atoms with Crippen LogP contribution in [0.4, 0.5) is 22.0 Å². The number of fused-ring (bicyclic) bond motifs is 2. The van der Waals surface area contributed by atoms with Crippen LogP contribution in [0.1, 0.15) is 58.9 Å². The van der Waals surface area contributed by atoms with Gasteiger partial charge in [0.1, 0.15) is 11.8 Å². The van der Waals surface area contributed by atoms with E-state index in [1.807, 2.05) is 32.0 Å². The van der Waals surface area contributed by atoms with E-state index in [0.29, 0.717) is 22.3 Å². The maximum absolute atomic E-state index is 13.4. The third-order valence-corrected chi connectivity index (χ3v) is 6.19. The second kappa shape index (κ2) is 8.62. The van der Waals surface area contributed by atoms with Gasteiger partial charge in [0.15, 0.2) is 11.6 Å². The van der Waals surface area contributed by atoms with Crippen molar-refractivity contribution in [3.8, 4) is 0 Å². The molecule has 34 heavy (non-hydrogen) atoms. The fraction of sp³-hybridized carbons (Fsp3) is 0.231. The topological polar surface area (TPSA) is 114 Å². The standard InChI is InChI=1S/C26H26N6O2/c1-15(2)22-13-21(23-25(27)28-14-29-32(22)23)24(33)18-7-4-8-19(12-18)30-26(34)31-20-10-9-16-5-3-6-17(16)11-20/h4,7-15H,3,5-6H2,1-2H3,(H2,27,28,29)(H2,30,31,34). The van der Waals surface area contributed by atoms with E-state index in [-0.39, 0.29) is 23.6 Å². The molecule has 8 heteroatoms. The molecule has 0 aliphatic heterocycles. The molecule has 4 N–H and O–H groups in total. The molecule has 8 nitrogen and oxygen atoms in total. The summed E-state index contributed by atoms with van der Waals surface area (Å²) in [5.41, 5.74) is 12.2. The number of nitrogen functional groups attached to an aromatic ring is 1. The van der Waals surface area contributed by atoms with Crippen LogP contribution in [0.15, 0.2) is 54.9 Å². The van der Waals surface area contributed by atoms with E-state index < -0.39 is 0 Å². The quantitative estimate of drug-likeness (QED) is 0.375. The van der Waals surface area contributed by atoms with Crippen molar-refractivity contribution in [3.63, 3.8) is 0 Å². The molecule has 0 spiro atoms. The van der Waals surface area contributed by atoms with Crippen molar-refractivity contribution < 1.29 is 9.59 Å². The summed E-state index contributed by atoms with van der Waals surface area (Å²) in [6, 6.07) is 14.3. The first kappa shape index (κ1) is 21.6. The summed E-state index contributed by atoms with van der Waals surface area (Å²) in [5.74, 6) is 0.168. The summed E-state index contributed by atoms with van der Waals surface area (Å²) in [7, 11) is 0. The van der Waals surface area contributed by atoms with Crippen LogP contribution < -0.4 is 16.4 Å². The Morgan fingerprint density at radius 2 is 1.76 bits per heavy atom. The van der Waals surface area contributed by atoms with Gasteiger partial charge < -0.3 is 16.4 Å². The molecule has 2 aromatic heterocycles. The summed E-state index contributed by atoms with van der Waals surface area (Å²) < 4.78 is 1.67. The van der Waals surface area contributed by atoms with Gasteiger partial charge in [-0.25, -0.2) is 14.3 Å². The second-order valence-electron chi connectivity index (χ2n) is 8.87. The number of nitrogens with two attached hydrogens (primary N) is 1. The monoisotopic (exact) mass is 454 g/mol. The van der Waals surface area contributed by atoms with E-state index in [0.717, 1.165) is 30.6 Å². The molecule has 0 fully saturated rings. The number of hydrogen-bond acceptors (Lipinski definition) is 5. The van der Waals surface area contributed by atoms with E-state index >= 15 is 0 Å². The average molecular weight is 455 g/mol. The van der Waals surface area contributed by atoms with Crippen LogP contribution in [0.5, 0.6) is 0 Å². The first-order chi connectivity index (χ1) is 16.4. The normalized spacial score (nSPS) is 12.7. The number of benzene rings is 2. The molecule has 4 aromatic rings. The van der Waals surface area contributed by atoms with Gasteiger partial charge in [0.25, 0.3) is 0 Å². The molecule has 2 aromatic carbocycles. The number of amides is 2. The van der Waals surface area contributed by atoms with E-state index in [4.69, 9.17) is 5.73 Å². The number of aromatic nitrogens is 3. The Kier molecular flexibility index (Phi) is 5.49. The van der Waals surface area contributed by atoms with Crippen molar-refractivity contribution in [3.05, 3.63) is 82.8 Å². The highest BCUT2D eigenvalue weighted by Gasteiger charge is 2.22. The van der Waals surface area contributed by atoms with Crippen molar-refractivity contribution in [2.75, 3.05) is 16.4 Å². The average Bonchev–Trinajstić information content (AvgIpc) is 3.44. The zero-order chi connectivity index (χ0) is 23.8. The molecule has 1 aliphatic rings. The van der Waals surface area contributed by atoms with Gasteiger partial charge in [-0.1, -0.05) is 32.0 Å². The summed E-state index contributed by atoms with van der Waals surface area (Å²) >= 11 is 0. The number of hydrogen-bond donors (Lipinski definition) is 3. The Labute approximate surface area is 197 Å². The van der Waals surface area contributed by atoms with Gasteiger partial charge >= 0.3 is 6.03 Å². The lowest BCUT2D eigenvalue weighted by Crippen LogP contribution is -2.19. The molecule has 0 saturated carbocycles. The van der Waals surface area contributed by atoms with Crippen molar-refractivity contribution in [1.82, 2.24) is 14.6 Å². The zero-order valence-electron chi connectivity index (χ0n) is 19.1. The van der Waals surface area contributed by atoms with Crippen molar-refractivity contribution >= 4 is 34.5 Å². The van der Waals surface area contributed by atoms with Gasteiger partial charge in [0.05, 0.1) is 5.56 Å². The Morgan fingerprint density at radius 3 is 2.56 bits per heavy atom. The lowest BCUT2D eigenvalue weighted by molar-refractivity contribution is 0.104. The molecular weight excluding hydrogens is 428 g/mol. The van der Waals surface area contributed by atoms with Gasteiger partial charge in [0.2, 0.25) is 0 Å². The Balaban J connectivity index is 1.38. The minimum Gasteiger partial charge on any atom is -0.382 e. The molecule has 0 saturated heterocycles. The number of nitrogens with zero attached hydrogens (tertiary/aromatic N) is 3. The van der Waals surface area contributed by atoms with Gasteiger partial charge in [-0.05, 0) is 66.6 Å². The van der Waals surface area contributed by atoms with Gasteiger partial charge in [-0.3, -0.25) is 4.79 Å². The molecule has 0 unspecified atom stereocenters. The summed E-state index contributed by atoms with van der Waals surface area (Å²) in [6.07, 6.45) is 4.67. The number of aryl methyl sites for hydroxylation is 2. The molecule has 2 heterocycles. The highest BCUT2D eigenvalue weighted by Crippen LogP contribution is 2.28. The zero-order valence-corrected chi connectivity index (χ0v) is 19.1. The summed E-state index contributed by atoms with van der Waals surface area (Å²) in [6.45, 7) is 4.05. The van der Waals surface area contributed by atoms with Gasteiger partial charge in [0, 0.05) is 22.6 Å². The predicted molar refractivity (Wildman–Crippen MR) is 132 cm³/mol. The molecule has 1 aliphatic carbocycles. The fourth-order valence-electron chi connectivity index (χ4n) is 4.51. The van der Waals surface area contributed by atoms with E-state index in [1.165, 1.54) is 17.5 Å². The Bertz CT molecular complexity index is 1420. The van der Waals surface area contributed by atoms with Gasteiger partial charge in [-0.15, -0.1) is 0 Å². The van der Waals surface area contributed by atoms with E-state index in [9.17, 15) is 9.59 Å². The number of ketones is 1. The Morgan fingerprint density at radius 1 is 1.00 bits per heavy atom. The van der Waals surface area contributed by atoms with Crippen LogP contribution in [-0.2, 0) is 12.8 Å². The Hall–Kier alpha value is -4.20. The van der Waals surface area contributed by atoms with Crippen molar-refractivity contribution in [2.45, 2.75) is 39.0 Å². The first-order valence-electron chi connectivity index (χ1n) is 11.4. The molecular formula is C26H26N6O2. The molecule has 0 atom stereocenters. The minimum atomic E-state index is -0.364. The third kappa shape index (κ3) is 3.98. The number of carbonyl (C=O) groups is 2. The van der Waals surface area contributed by atoms with Crippen molar-refractivity contribution in [1.29, 1.82) is 0 Å². The highest BCUT2D eigenvalue weighted by atomic mass is 16.2. The van der Waals surface area contributed by atoms with Crippen LogP contribution >= 0.6 is 0 Å². The number of urea groups is 1. The second-order valence-corrected chi connectivity index (χ2v) is 8.87. The molecule has 2 amide bonds. The van der Waals surface area contributed by atoms with Crippen LogP contribution in [-0.4, -0.2) is 26.4 Å². The lowest BCUT2D eigenvalue weighted by atomic mass is 10.0. The largest absolute Gasteiger partial charge is 0.382 e. The molecule has 172 valence electrons. The van der Waals surface area contributed by atoms with Crippen LogP contribution in [0.2, 0.25) is 0 Å². The van der Waals surface area contributed by atoms with Crippen molar-refractivity contribution in [2.24, 2.45) is 0 Å². The van der Waals surface area contributed by atoms with Crippen LogP contribution in [0.25, 0.3) is 5.52 Å². The SMILES string of the molecule is CC(C)c1cc(C(=O)c2cccc(NC(=O)Nc3ccc4c(c3)CCC4)c2)c2c(N)ncnn12. The minimum absolute atomic E-state index is 0.138. The fourth-order valence-corrected chi connectivity index (χ4v) is 4.51. The highest BCUT2D eigenvalue weighted by molar-refractivity contribution is 6.15. The molecule has 0 bridgehead atoms. The number of anilines is 3. The summed E-state index contributed by atoms with van der Waals surface area (Å²) in [5, 5.41) is 9.98. The maximum atomic E-state index is 13.4. The predicted octanol–water partition coefficient (Wildman–Crippen LogP) is 4.80. The van der Waals surface area contributed by atoms with Crippen LogP contribution in [0, 0.1) is 0 Å². The van der Waals surface area contributed by atoms with E-state index in [1.54, 1.807) is 28.8 Å². The maximum Gasteiger partial charge on any atom is 0.323 e. The number of rotatable bonds is 5. The smallest absolute Gasteiger partial charge is 0.323 e. The first-order valence-corrected chi connectivity index (χ1v) is 11.4.